The van der Waals surface area contributed by atoms with Crippen LogP contribution in [0.5, 0.6) is 0 Å². The second-order valence-electron chi connectivity index (χ2n) is 4.29. The lowest BCUT2D eigenvalue weighted by Gasteiger charge is -2.25. The Hall–Kier alpha value is -0.650. The topological polar surface area (TPSA) is 61.8 Å². The van der Waals surface area contributed by atoms with Gasteiger partial charge in [0.15, 0.2) is 0 Å². The van der Waals surface area contributed by atoms with Crippen LogP contribution in [0.3, 0.4) is 0 Å². The van der Waals surface area contributed by atoms with E-state index in [-0.39, 0.29) is 0 Å². The minimum atomic E-state index is -0.817. The third-order valence-electron chi connectivity index (χ3n) is 2.92. The fourth-order valence-electron chi connectivity index (χ4n) is 1.40. The van der Waals surface area contributed by atoms with Gasteiger partial charge >= 0.3 is 5.97 Å². The molecule has 0 saturated carbocycles. The molecular weight excluding hydrogens is 208 g/mol. The van der Waals surface area contributed by atoms with E-state index in [1.54, 1.807) is 21.1 Å². The molecule has 0 bridgehead atoms. The van der Waals surface area contributed by atoms with Crippen LogP contribution in [-0.4, -0.2) is 62.4 Å². The van der Waals surface area contributed by atoms with Crippen molar-refractivity contribution in [2.45, 2.75) is 25.3 Å². The second-order valence-corrected chi connectivity index (χ2v) is 4.29. The lowest BCUT2D eigenvalue weighted by molar-refractivity contribution is -0.144. The van der Waals surface area contributed by atoms with E-state index in [2.05, 4.69) is 10.2 Å². The number of carbonyl (C=O) groups is 1. The molecule has 0 aromatic rings. The summed E-state index contributed by atoms with van der Waals surface area (Å²) in [5.74, 6) is -0.797. The molecule has 0 rings (SSSR count). The van der Waals surface area contributed by atoms with Gasteiger partial charge in [0, 0.05) is 13.7 Å². The Bertz CT molecular complexity index is 211. The van der Waals surface area contributed by atoms with Crippen LogP contribution >= 0.6 is 0 Å². The minimum absolute atomic E-state index is 0.621. The fraction of sp³-hybridized carbons (Fsp3) is 0.909. The van der Waals surface area contributed by atoms with E-state index in [0.717, 1.165) is 19.5 Å². The standard InChI is InChI=1S/C11H24N2O3/c1-11(12-2,10(14)15)6-5-7-13(3)8-9-16-4/h12H,5-9H2,1-4H3,(H,14,15). The average molecular weight is 232 g/mol. The largest absolute Gasteiger partial charge is 0.480 e. The van der Waals surface area contributed by atoms with Gasteiger partial charge in [-0.25, -0.2) is 0 Å². The summed E-state index contributed by atoms with van der Waals surface area (Å²) in [7, 11) is 5.37. The highest BCUT2D eigenvalue weighted by Crippen LogP contribution is 2.12. The van der Waals surface area contributed by atoms with E-state index in [0.29, 0.717) is 13.0 Å². The molecule has 0 aliphatic heterocycles. The molecule has 0 heterocycles. The number of carboxylic acid groups (broad SMARTS) is 1. The highest BCUT2D eigenvalue weighted by atomic mass is 16.5. The lowest BCUT2D eigenvalue weighted by atomic mass is 9.96. The molecule has 0 radical (unpaired) electrons. The Balaban J connectivity index is 3.82. The van der Waals surface area contributed by atoms with Crippen molar-refractivity contribution >= 4 is 5.97 Å². The molecule has 5 nitrogen and oxygen atoms in total. The molecule has 5 heteroatoms. The summed E-state index contributed by atoms with van der Waals surface area (Å²) in [4.78, 5) is 13.1. The highest BCUT2D eigenvalue weighted by molar-refractivity contribution is 5.78. The van der Waals surface area contributed by atoms with Crippen LogP contribution in [0.15, 0.2) is 0 Å². The van der Waals surface area contributed by atoms with Crippen molar-refractivity contribution in [2.24, 2.45) is 0 Å². The quantitative estimate of drug-likeness (QED) is 0.603. The molecule has 1 atom stereocenters. The van der Waals surface area contributed by atoms with Crippen molar-refractivity contribution in [2.75, 3.05) is 40.9 Å². The second kappa shape index (κ2) is 7.60. The highest BCUT2D eigenvalue weighted by Gasteiger charge is 2.30. The average Bonchev–Trinajstić information content (AvgIpc) is 2.25. The van der Waals surface area contributed by atoms with Crippen LogP contribution in [0, 0.1) is 0 Å². The summed E-state index contributed by atoms with van der Waals surface area (Å²) in [6.45, 7) is 4.18. The van der Waals surface area contributed by atoms with Crippen LogP contribution in [-0.2, 0) is 9.53 Å². The smallest absolute Gasteiger partial charge is 0.323 e. The molecule has 1 unspecified atom stereocenters. The van der Waals surface area contributed by atoms with Crippen molar-refractivity contribution in [3.8, 4) is 0 Å². The van der Waals surface area contributed by atoms with Crippen molar-refractivity contribution in [3.63, 3.8) is 0 Å². The Morgan fingerprint density at radius 3 is 2.56 bits per heavy atom. The van der Waals surface area contributed by atoms with E-state index in [1.807, 2.05) is 7.05 Å². The van der Waals surface area contributed by atoms with Gasteiger partial charge in [-0.05, 0) is 40.4 Å². The Kier molecular flexibility index (Phi) is 7.29. The van der Waals surface area contributed by atoms with E-state index in [1.165, 1.54) is 0 Å². The number of nitrogens with zero attached hydrogens (tertiary/aromatic N) is 1. The minimum Gasteiger partial charge on any atom is -0.480 e. The first kappa shape index (κ1) is 15.3. The van der Waals surface area contributed by atoms with Gasteiger partial charge in [-0.3, -0.25) is 4.79 Å². The maximum Gasteiger partial charge on any atom is 0.323 e. The van der Waals surface area contributed by atoms with Crippen LogP contribution in [0.2, 0.25) is 0 Å². The molecule has 2 N–H and O–H groups in total. The van der Waals surface area contributed by atoms with E-state index >= 15 is 0 Å². The summed E-state index contributed by atoms with van der Waals surface area (Å²) < 4.78 is 4.97. The zero-order chi connectivity index (χ0) is 12.6. The number of carboxylic acids is 1. The van der Waals surface area contributed by atoms with Crippen LogP contribution in [0.1, 0.15) is 19.8 Å². The predicted octanol–water partition coefficient (Wildman–Crippen LogP) is 0.408. The number of hydrogen-bond acceptors (Lipinski definition) is 4. The lowest BCUT2D eigenvalue weighted by Crippen LogP contribution is -2.47. The molecule has 0 fully saturated rings. The number of methoxy groups -OCH3 is 1. The zero-order valence-corrected chi connectivity index (χ0v) is 10.7. The third kappa shape index (κ3) is 5.44. The molecule has 0 spiro atoms. The summed E-state index contributed by atoms with van der Waals surface area (Å²) in [6.07, 6.45) is 1.47. The monoisotopic (exact) mass is 232 g/mol. The summed E-state index contributed by atoms with van der Waals surface area (Å²) >= 11 is 0. The van der Waals surface area contributed by atoms with Crippen molar-refractivity contribution in [1.82, 2.24) is 10.2 Å². The molecule has 0 aliphatic carbocycles. The Morgan fingerprint density at radius 1 is 1.50 bits per heavy atom. The Labute approximate surface area is 97.8 Å². The van der Waals surface area contributed by atoms with Gasteiger partial charge in [-0.15, -0.1) is 0 Å². The number of ether oxygens (including phenoxy) is 1. The number of likely N-dealkylation sites (N-methyl/N-ethyl adjacent to an activating group) is 2. The van der Waals surface area contributed by atoms with E-state index < -0.39 is 11.5 Å². The Morgan fingerprint density at radius 2 is 2.12 bits per heavy atom. The summed E-state index contributed by atoms with van der Waals surface area (Å²) in [6, 6.07) is 0. The maximum absolute atomic E-state index is 11.0. The van der Waals surface area contributed by atoms with Crippen LogP contribution in [0.25, 0.3) is 0 Å². The van der Waals surface area contributed by atoms with Crippen LogP contribution < -0.4 is 5.32 Å². The molecule has 0 aromatic heterocycles. The molecule has 0 saturated heterocycles. The van der Waals surface area contributed by atoms with Crippen molar-refractivity contribution < 1.29 is 14.6 Å². The van der Waals surface area contributed by atoms with Crippen molar-refractivity contribution in [1.29, 1.82) is 0 Å². The summed E-state index contributed by atoms with van der Waals surface area (Å²) in [5, 5.41) is 11.9. The predicted molar refractivity (Wildman–Crippen MR) is 63.7 cm³/mol. The molecule has 0 amide bonds. The number of nitrogens with one attached hydrogen (secondary N) is 1. The first-order valence-electron chi connectivity index (χ1n) is 5.56. The summed E-state index contributed by atoms with van der Waals surface area (Å²) in [5.41, 5.74) is -0.817. The zero-order valence-electron chi connectivity index (χ0n) is 10.7. The van der Waals surface area contributed by atoms with E-state index in [4.69, 9.17) is 9.84 Å². The van der Waals surface area contributed by atoms with Gasteiger partial charge in [-0.1, -0.05) is 0 Å². The van der Waals surface area contributed by atoms with E-state index in [9.17, 15) is 4.79 Å². The number of hydrogen-bond donors (Lipinski definition) is 2. The van der Waals surface area contributed by atoms with Crippen molar-refractivity contribution in [3.05, 3.63) is 0 Å². The van der Waals surface area contributed by atoms with Gasteiger partial charge in [0.2, 0.25) is 0 Å². The fourth-order valence-corrected chi connectivity index (χ4v) is 1.40. The molecule has 0 aliphatic rings. The molecular formula is C11H24N2O3. The first-order chi connectivity index (χ1) is 7.46. The van der Waals surface area contributed by atoms with Gasteiger partial charge in [0.05, 0.1) is 6.61 Å². The molecule has 96 valence electrons. The number of rotatable bonds is 9. The SMILES string of the molecule is CNC(C)(CCCN(C)CCOC)C(=O)O. The molecule has 16 heavy (non-hydrogen) atoms. The van der Waals surface area contributed by atoms with Gasteiger partial charge in [0.25, 0.3) is 0 Å². The maximum atomic E-state index is 11.0. The first-order valence-corrected chi connectivity index (χ1v) is 5.56. The number of aliphatic carboxylic acids is 1. The van der Waals surface area contributed by atoms with Crippen LogP contribution in [0.4, 0.5) is 0 Å². The van der Waals surface area contributed by atoms with Gasteiger partial charge in [0.1, 0.15) is 5.54 Å². The molecule has 0 aromatic carbocycles. The third-order valence-corrected chi connectivity index (χ3v) is 2.92. The normalized spacial score (nSPS) is 15.1. The van der Waals surface area contributed by atoms with Gasteiger partial charge in [-0.2, -0.15) is 0 Å². The van der Waals surface area contributed by atoms with Gasteiger partial charge < -0.3 is 20.1 Å².